The number of fused-ring (bicyclic) bond motifs is 1. The largest absolute Gasteiger partial charge is 0.358 e. The number of hydrogen-bond donors (Lipinski definition) is 1. The molecule has 1 aromatic carbocycles. The Kier molecular flexibility index (Phi) is 6.01. The van der Waals surface area contributed by atoms with Crippen molar-refractivity contribution in [1.82, 2.24) is 9.62 Å². The number of anilines is 1. The standard InChI is InChI=1S/C20H27N3O3S/c1-3-16-13-17-7-5-6-8-19(17)23(14-16)15-20(24)22-11-9-18(10-12-22)21-27(25,26)4-2/h4-8,13,18,21H,2-3,9-12,14-15H2,1H3. The second-order valence-corrected chi connectivity index (χ2v) is 8.71. The monoisotopic (exact) mass is 389 g/mol. The highest BCUT2D eigenvalue weighted by Crippen LogP contribution is 2.29. The Morgan fingerprint density at radius 2 is 2.00 bits per heavy atom. The van der Waals surface area contributed by atoms with E-state index in [0.717, 1.165) is 29.6 Å². The molecule has 0 aromatic heterocycles. The van der Waals surface area contributed by atoms with Crippen LogP contribution in [-0.4, -0.2) is 51.4 Å². The minimum absolute atomic E-state index is 0.0900. The van der Waals surface area contributed by atoms with Gasteiger partial charge in [-0.15, -0.1) is 0 Å². The summed E-state index contributed by atoms with van der Waals surface area (Å²) in [6, 6.07) is 8.02. The van der Waals surface area contributed by atoms with Gasteiger partial charge in [-0.25, -0.2) is 13.1 Å². The van der Waals surface area contributed by atoms with Crippen molar-refractivity contribution >= 4 is 27.7 Å². The van der Waals surface area contributed by atoms with Crippen LogP contribution in [0.2, 0.25) is 0 Å². The number of hydrogen-bond acceptors (Lipinski definition) is 4. The first-order valence-corrected chi connectivity index (χ1v) is 10.9. The first-order chi connectivity index (χ1) is 12.9. The van der Waals surface area contributed by atoms with Crippen molar-refractivity contribution in [3.63, 3.8) is 0 Å². The highest BCUT2D eigenvalue weighted by Gasteiger charge is 2.27. The van der Waals surface area contributed by atoms with E-state index in [9.17, 15) is 13.2 Å². The number of sulfonamides is 1. The smallest absolute Gasteiger partial charge is 0.242 e. The summed E-state index contributed by atoms with van der Waals surface area (Å²) >= 11 is 0. The summed E-state index contributed by atoms with van der Waals surface area (Å²) in [6.45, 7) is 7.69. The number of amides is 1. The molecule has 0 saturated carbocycles. The molecule has 1 N–H and O–H groups in total. The topological polar surface area (TPSA) is 69.7 Å². The van der Waals surface area contributed by atoms with Gasteiger partial charge in [0.25, 0.3) is 0 Å². The lowest BCUT2D eigenvalue weighted by Gasteiger charge is -2.35. The summed E-state index contributed by atoms with van der Waals surface area (Å²) in [7, 11) is -3.43. The average molecular weight is 390 g/mol. The van der Waals surface area contributed by atoms with Crippen molar-refractivity contribution < 1.29 is 13.2 Å². The summed E-state index contributed by atoms with van der Waals surface area (Å²) in [5, 5.41) is 0.928. The zero-order valence-corrected chi connectivity index (χ0v) is 16.5. The van der Waals surface area contributed by atoms with Crippen molar-refractivity contribution in [3.8, 4) is 0 Å². The molecule has 6 nitrogen and oxygen atoms in total. The van der Waals surface area contributed by atoms with Crippen LogP contribution in [0.3, 0.4) is 0 Å². The Balaban J connectivity index is 1.60. The number of rotatable bonds is 6. The fourth-order valence-electron chi connectivity index (χ4n) is 3.64. The van der Waals surface area contributed by atoms with Crippen LogP contribution in [0.15, 0.2) is 41.8 Å². The fourth-order valence-corrected chi connectivity index (χ4v) is 4.44. The highest BCUT2D eigenvalue weighted by atomic mass is 32.2. The molecule has 2 heterocycles. The van der Waals surface area contributed by atoms with Crippen LogP contribution in [0.5, 0.6) is 0 Å². The third-order valence-corrected chi connectivity index (χ3v) is 6.31. The maximum absolute atomic E-state index is 12.8. The molecule has 1 amide bonds. The zero-order valence-electron chi connectivity index (χ0n) is 15.7. The lowest BCUT2D eigenvalue weighted by molar-refractivity contribution is -0.130. The number of piperidine rings is 1. The van der Waals surface area contributed by atoms with E-state index in [0.29, 0.717) is 32.5 Å². The molecule has 0 radical (unpaired) electrons. The van der Waals surface area contributed by atoms with Crippen LogP contribution in [0.25, 0.3) is 6.08 Å². The van der Waals surface area contributed by atoms with Crippen molar-refractivity contribution in [1.29, 1.82) is 0 Å². The van der Waals surface area contributed by atoms with Gasteiger partial charge >= 0.3 is 0 Å². The van der Waals surface area contributed by atoms with Gasteiger partial charge in [0.1, 0.15) is 0 Å². The van der Waals surface area contributed by atoms with E-state index in [1.807, 2.05) is 17.0 Å². The van der Waals surface area contributed by atoms with Crippen LogP contribution in [0, 0.1) is 0 Å². The predicted molar refractivity (Wildman–Crippen MR) is 109 cm³/mol. The van der Waals surface area contributed by atoms with E-state index in [2.05, 4.69) is 41.3 Å². The van der Waals surface area contributed by atoms with Gasteiger partial charge in [0.15, 0.2) is 0 Å². The van der Waals surface area contributed by atoms with Crippen molar-refractivity contribution in [3.05, 3.63) is 47.4 Å². The number of likely N-dealkylation sites (tertiary alicyclic amines) is 1. The van der Waals surface area contributed by atoms with Crippen LogP contribution in [0.1, 0.15) is 31.7 Å². The SMILES string of the molecule is C=CS(=O)(=O)NC1CCN(C(=O)CN2CC(CC)=Cc3ccccc32)CC1. The first kappa shape index (κ1) is 19.6. The Hall–Kier alpha value is -2.12. The van der Waals surface area contributed by atoms with E-state index in [1.165, 1.54) is 5.57 Å². The maximum Gasteiger partial charge on any atom is 0.242 e. The van der Waals surface area contributed by atoms with E-state index in [-0.39, 0.29) is 11.9 Å². The third kappa shape index (κ3) is 4.78. The summed E-state index contributed by atoms with van der Waals surface area (Å²) in [5.74, 6) is 0.0900. The van der Waals surface area contributed by atoms with Gasteiger partial charge in [0, 0.05) is 36.8 Å². The summed E-state index contributed by atoms with van der Waals surface area (Å²) in [6.07, 6.45) is 4.42. The average Bonchev–Trinajstić information content (AvgIpc) is 2.68. The molecule has 146 valence electrons. The van der Waals surface area contributed by atoms with E-state index >= 15 is 0 Å². The molecule has 2 aliphatic rings. The van der Waals surface area contributed by atoms with E-state index < -0.39 is 10.0 Å². The summed E-state index contributed by atoms with van der Waals surface area (Å²) in [4.78, 5) is 16.8. The van der Waals surface area contributed by atoms with Crippen molar-refractivity contribution in [2.24, 2.45) is 0 Å². The molecule has 1 aromatic rings. The minimum Gasteiger partial charge on any atom is -0.358 e. The van der Waals surface area contributed by atoms with Gasteiger partial charge in [-0.05, 0) is 30.9 Å². The van der Waals surface area contributed by atoms with Gasteiger partial charge in [0.05, 0.1) is 6.54 Å². The summed E-state index contributed by atoms with van der Waals surface area (Å²) in [5.41, 5.74) is 3.57. The second kappa shape index (κ2) is 8.27. The number of nitrogens with one attached hydrogen (secondary N) is 1. The highest BCUT2D eigenvalue weighted by molar-refractivity contribution is 7.92. The Bertz CT molecular complexity index is 840. The molecule has 27 heavy (non-hydrogen) atoms. The maximum atomic E-state index is 12.8. The normalized spacial score (nSPS) is 18.0. The van der Waals surface area contributed by atoms with Crippen molar-refractivity contribution in [2.75, 3.05) is 31.1 Å². The molecule has 1 saturated heterocycles. The minimum atomic E-state index is -3.43. The summed E-state index contributed by atoms with van der Waals surface area (Å²) < 4.78 is 25.8. The number of carbonyl (C=O) groups excluding carboxylic acids is 1. The van der Waals surface area contributed by atoms with Gasteiger partial charge in [-0.3, -0.25) is 4.79 Å². The number of carbonyl (C=O) groups is 1. The molecule has 0 unspecified atom stereocenters. The van der Waals surface area contributed by atoms with Crippen LogP contribution in [-0.2, 0) is 14.8 Å². The van der Waals surface area contributed by atoms with Gasteiger partial charge in [0.2, 0.25) is 15.9 Å². The van der Waals surface area contributed by atoms with Crippen LogP contribution >= 0.6 is 0 Å². The van der Waals surface area contributed by atoms with E-state index in [4.69, 9.17) is 0 Å². The van der Waals surface area contributed by atoms with Crippen molar-refractivity contribution in [2.45, 2.75) is 32.2 Å². The molecule has 1 fully saturated rings. The molecule has 7 heteroatoms. The lowest BCUT2D eigenvalue weighted by atomic mass is 10.0. The molecular weight excluding hydrogens is 362 g/mol. The molecule has 3 rings (SSSR count). The molecule has 0 spiro atoms. The fraction of sp³-hybridized carbons (Fsp3) is 0.450. The zero-order chi connectivity index (χ0) is 19.4. The van der Waals surface area contributed by atoms with Gasteiger partial charge in [-0.2, -0.15) is 0 Å². The van der Waals surface area contributed by atoms with Gasteiger partial charge < -0.3 is 9.80 Å². The van der Waals surface area contributed by atoms with Crippen LogP contribution < -0.4 is 9.62 Å². The number of nitrogens with zero attached hydrogens (tertiary/aromatic N) is 2. The number of para-hydroxylation sites is 1. The Morgan fingerprint density at radius 1 is 1.30 bits per heavy atom. The second-order valence-electron chi connectivity index (χ2n) is 7.06. The van der Waals surface area contributed by atoms with Gasteiger partial charge in [-0.1, -0.05) is 43.4 Å². The predicted octanol–water partition coefficient (Wildman–Crippen LogP) is 2.35. The molecule has 2 aliphatic heterocycles. The molecular formula is C20H27N3O3S. The number of benzene rings is 1. The molecule has 0 aliphatic carbocycles. The van der Waals surface area contributed by atoms with E-state index in [1.54, 1.807) is 0 Å². The first-order valence-electron chi connectivity index (χ1n) is 9.38. The third-order valence-electron chi connectivity index (χ3n) is 5.21. The molecule has 0 atom stereocenters. The Morgan fingerprint density at radius 3 is 2.67 bits per heavy atom. The van der Waals surface area contributed by atoms with Crippen LogP contribution in [0.4, 0.5) is 5.69 Å². The lowest BCUT2D eigenvalue weighted by Crippen LogP contribution is -2.49. The quantitative estimate of drug-likeness (QED) is 0.811. The molecule has 0 bridgehead atoms. The Labute approximate surface area is 161 Å².